The molecule has 67 heavy (non-hydrogen) atoms. The Hall–Kier alpha value is -5.33. The number of nitrogens with zero attached hydrogens (tertiary/aromatic N) is 6. The lowest BCUT2D eigenvalue weighted by molar-refractivity contribution is -0.144. The third kappa shape index (κ3) is 11.9. The highest BCUT2D eigenvalue weighted by Crippen LogP contribution is 2.40. The number of aliphatic hydroxyl groups excluding tert-OH is 1. The van der Waals surface area contributed by atoms with Gasteiger partial charge in [-0.25, -0.2) is 4.98 Å². The Morgan fingerprint density at radius 3 is 2.34 bits per heavy atom. The van der Waals surface area contributed by atoms with Gasteiger partial charge in [-0.2, -0.15) is 0 Å². The van der Waals surface area contributed by atoms with Gasteiger partial charge in [0, 0.05) is 53.7 Å². The van der Waals surface area contributed by atoms with Crippen molar-refractivity contribution in [2.45, 2.75) is 118 Å². The summed E-state index contributed by atoms with van der Waals surface area (Å²) >= 11 is 9.48. The fraction of sp³-hybridized carbons (Fsp3) is 0.469. The van der Waals surface area contributed by atoms with E-state index in [1.54, 1.807) is 22.7 Å². The smallest absolute Gasteiger partial charge is 0.246 e. The number of rotatable bonds is 18. The Balaban J connectivity index is 0.832. The van der Waals surface area contributed by atoms with Crippen LogP contribution in [0.25, 0.3) is 15.4 Å². The first kappa shape index (κ1) is 49.6. The number of hydrogen-bond acceptors (Lipinski definition) is 12. The van der Waals surface area contributed by atoms with Gasteiger partial charge in [-0.15, -0.1) is 32.9 Å². The van der Waals surface area contributed by atoms with E-state index in [-0.39, 0.29) is 44.4 Å². The third-order valence-electron chi connectivity index (χ3n) is 12.2. The van der Waals surface area contributed by atoms with Crippen LogP contribution in [0.15, 0.2) is 59.0 Å². The van der Waals surface area contributed by atoms with Crippen molar-refractivity contribution < 1.29 is 29.0 Å². The molecule has 4 atom stereocenters. The number of thiophene rings is 1. The minimum Gasteiger partial charge on any atom is -0.391 e. The van der Waals surface area contributed by atoms with Crippen LogP contribution in [0.4, 0.5) is 0 Å². The molecule has 2 aliphatic rings. The van der Waals surface area contributed by atoms with Crippen LogP contribution in [0.1, 0.15) is 110 Å². The number of carbonyl (C=O) groups excluding carboxylic acids is 4. The van der Waals surface area contributed by atoms with Crippen molar-refractivity contribution in [1.29, 1.82) is 0 Å². The molecule has 0 aliphatic carbocycles. The second kappa shape index (κ2) is 21.7. The molecule has 356 valence electrons. The summed E-state index contributed by atoms with van der Waals surface area (Å²) in [6.45, 7) is 14.5. The largest absolute Gasteiger partial charge is 0.391 e. The molecule has 15 nitrogen and oxygen atoms in total. The zero-order valence-electron chi connectivity index (χ0n) is 39.1. The number of halogens is 1. The van der Waals surface area contributed by atoms with E-state index in [0.29, 0.717) is 30.4 Å². The predicted octanol–water partition coefficient (Wildman–Crippen LogP) is 7.12. The summed E-state index contributed by atoms with van der Waals surface area (Å²) in [4.78, 5) is 67.1. The molecule has 0 bridgehead atoms. The summed E-state index contributed by atoms with van der Waals surface area (Å²) in [5.41, 5.74) is 7.88. The van der Waals surface area contributed by atoms with Gasteiger partial charge in [0.05, 0.1) is 34.3 Å². The Kier molecular flexibility index (Phi) is 16.1. The highest BCUT2D eigenvalue weighted by atomic mass is 35.5. The molecule has 0 saturated carbocycles. The van der Waals surface area contributed by atoms with E-state index in [4.69, 9.17) is 21.3 Å². The molecule has 1 unspecified atom stereocenters. The van der Waals surface area contributed by atoms with E-state index in [1.165, 1.54) is 9.78 Å². The first-order chi connectivity index (χ1) is 32.0. The summed E-state index contributed by atoms with van der Waals surface area (Å²) < 4.78 is 7.73. The number of ether oxygens (including phenoxy) is 1. The van der Waals surface area contributed by atoms with Gasteiger partial charge in [0.2, 0.25) is 23.6 Å². The summed E-state index contributed by atoms with van der Waals surface area (Å²) in [5, 5.41) is 29.9. The number of aliphatic imine (C=N–C) groups is 1. The lowest BCUT2D eigenvalue weighted by Gasteiger charge is -2.35. The van der Waals surface area contributed by atoms with Crippen molar-refractivity contribution in [3.63, 3.8) is 0 Å². The van der Waals surface area contributed by atoms with Crippen molar-refractivity contribution in [1.82, 2.24) is 40.6 Å². The maximum Gasteiger partial charge on any atom is 0.246 e. The van der Waals surface area contributed by atoms with Gasteiger partial charge < -0.3 is 30.7 Å². The van der Waals surface area contributed by atoms with Gasteiger partial charge in [-0.3, -0.25) is 28.7 Å². The number of aromatic nitrogens is 4. The molecule has 2 aliphatic heterocycles. The summed E-state index contributed by atoms with van der Waals surface area (Å²) in [7, 11) is 0. The van der Waals surface area contributed by atoms with Gasteiger partial charge >= 0.3 is 0 Å². The first-order valence-corrected chi connectivity index (χ1v) is 24.8. The molecule has 1 saturated heterocycles. The van der Waals surface area contributed by atoms with Gasteiger partial charge in [-0.05, 0) is 74.8 Å². The van der Waals surface area contributed by atoms with Crippen molar-refractivity contribution >= 4 is 63.6 Å². The van der Waals surface area contributed by atoms with Crippen molar-refractivity contribution in [2.75, 3.05) is 26.3 Å². The van der Waals surface area contributed by atoms with Gasteiger partial charge in [0.25, 0.3) is 0 Å². The third-order valence-corrected chi connectivity index (χ3v) is 14.6. The van der Waals surface area contributed by atoms with Crippen LogP contribution in [0, 0.1) is 33.1 Å². The normalized spacial score (nSPS) is 17.3. The zero-order chi connectivity index (χ0) is 48.0. The average molecular weight is 971 g/mol. The van der Waals surface area contributed by atoms with Crippen LogP contribution >= 0.6 is 34.3 Å². The van der Waals surface area contributed by atoms with E-state index < -0.39 is 41.5 Å². The Bertz CT molecular complexity index is 2600. The number of benzene rings is 2. The first-order valence-electron chi connectivity index (χ1n) is 22.8. The highest BCUT2D eigenvalue weighted by Gasteiger charge is 2.44. The molecule has 18 heteroatoms. The highest BCUT2D eigenvalue weighted by molar-refractivity contribution is 7.15. The van der Waals surface area contributed by atoms with Crippen LogP contribution in [-0.4, -0.2) is 104 Å². The molecule has 3 aromatic heterocycles. The maximum atomic E-state index is 14.0. The number of fused-ring (bicyclic) bond motifs is 3. The number of nitrogens with one attached hydrogen (secondary N) is 3. The van der Waals surface area contributed by atoms with Crippen LogP contribution < -0.4 is 16.0 Å². The minimum atomic E-state index is -0.952. The maximum absolute atomic E-state index is 14.0. The predicted molar refractivity (Wildman–Crippen MR) is 262 cm³/mol. The molecule has 1 fully saturated rings. The fourth-order valence-electron chi connectivity index (χ4n) is 8.44. The van der Waals surface area contributed by atoms with Crippen LogP contribution in [0.2, 0.25) is 5.02 Å². The van der Waals surface area contributed by atoms with Gasteiger partial charge in [0.1, 0.15) is 35.6 Å². The Morgan fingerprint density at radius 2 is 1.64 bits per heavy atom. The summed E-state index contributed by atoms with van der Waals surface area (Å²) in [6.07, 6.45) is 2.50. The van der Waals surface area contributed by atoms with E-state index in [9.17, 15) is 24.3 Å². The molecule has 4 amide bonds. The van der Waals surface area contributed by atoms with Gasteiger partial charge in [0.15, 0.2) is 5.82 Å². The number of amides is 4. The van der Waals surface area contributed by atoms with Crippen molar-refractivity contribution in [2.24, 2.45) is 10.4 Å². The minimum absolute atomic E-state index is 0.0107. The molecule has 4 N–H and O–H groups in total. The van der Waals surface area contributed by atoms with E-state index in [0.717, 1.165) is 74.2 Å². The summed E-state index contributed by atoms with van der Waals surface area (Å²) in [6, 6.07) is 13.1. The lowest BCUT2D eigenvalue weighted by atomic mass is 9.85. The lowest BCUT2D eigenvalue weighted by Crippen LogP contribution is -2.58. The Labute approximate surface area is 404 Å². The van der Waals surface area contributed by atoms with Crippen molar-refractivity contribution in [3.05, 3.63) is 104 Å². The Morgan fingerprint density at radius 1 is 0.925 bits per heavy atom. The van der Waals surface area contributed by atoms with Crippen LogP contribution in [0.5, 0.6) is 0 Å². The molecule has 0 radical (unpaired) electrons. The van der Waals surface area contributed by atoms with E-state index >= 15 is 0 Å². The molecular formula is C49H60ClN9O6S2. The molecule has 0 spiro atoms. The number of aliphatic hydroxyl groups is 1. The SMILES string of the molecule is Cc1ncsc1-c1ccc(CNC(=O)[C@@H]2C[C@@H](O)CN2C(=O)C(NC(=O)COCCCCCCNC(=O)C[C@@H]2N=C(c3ccc(Cl)cc3)c3c(sc(C)c3C)-n3c(C)nnc32)C(C)(C)C)cc1. The van der Waals surface area contributed by atoms with E-state index in [1.807, 2.05) is 93.2 Å². The fourth-order valence-corrected chi connectivity index (χ4v) is 10.6. The number of aryl methyl sites for hydroxylation is 3. The van der Waals surface area contributed by atoms with Crippen LogP contribution in [0.3, 0.4) is 0 Å². The second-order valence-electron chi connectivity index (χ2n) is 18.4. The number of β-amino-alcohol motifs (C(OH)–C–C–N with tert-alkyl or cyclic N) is 1. The van der Waals surface area contributed by atoms with Crippen LogP contribution in [-0.2, 0) is 30.5 Å². The molecule has 2 aromatic carbocycles. The molecular weight excluding hydrogens is 910 g/mol. The van der Waals surface area contributed by atoms with E-state index in [2.05, 4.69) is 45.0 Å². The quantitative estimate of drug-likeness (QED) is 0.0662. The topological polar surface area (TPSA) is 193 Å². The molecule has 5 aromatic rings. The standard InChI is InChI=1S/C49H60ClN9O6S2/c1-28-30(3)67-48-41(28)42(33-16-18-35(50)19-17-33)54-37(45-57-56-31(4)59(45)48)23-39(61)51-20-10-8-9-11-21-65-26-40(62)55-44(49(5,6)7)47(64)58-25-36(60)22-38(58)46(63)52-24-32-12-14-34(15-13-32)43-29(2)53-27-66-43/h12-19,27,36-38,44,60H,8-11,20-26H2,1-7H3,(H,51,61)(H,52,63)(H,55,62)/t36-,37+,38+,44?/m1/s1. The summed E-state index contributed by atoms with van der Waals surface area (Å²) in [5.74, 6) is -0.00617. The molecule has 7 rings (SSSR count). The number of likely N-dealkylation sites (tertiary alicyclic amines) is 1. The van der Waals surface area contributed by atoms with Gasteiger partial charge in [-0.1, -0.05) is 81.6 Å². The number of thiazole rings is 1. The number of carbonyl (C=O) groups is 4. The molecule has 5 heterocycles. The van der Waals surface area contributed by atoms with Crippen molar-refractivity contribution in [3.8, 4) is 15.4 Å². The second-order valence-corrected chi connectivity index (χ2v) is 20.9. The zero-order valence-corrected chi connectivity index (χ0v) is 41.5. The number of unbranched alkanes of at least 4 members (excludes halogenated alkanes) is 3. The average Bonchev–Trinajstić information content (AvgIpc) is 4.06. The monoisotopic (exact) mass is 969 g/mol. The number of hydrogen-bond donors (Lipinski definition) is 4.